The molecular weight excluding hydrogens is 260 g/mol. The molecule has 17 heavy (non-hydrogen) atoms. The number of nitrogens with one attached hydrogen (secondary N) is 1. The van der Waals surface area contributed by atoms with Crippen LogP contribution in [-0.2, 0) is 4.79 Å². The van der Waals surface area contributed by atoms with Crippen LogP contribution < -0.4 is 5.32 Å². The predicted molar refractivity (Wildman–Crippen MR) is 67.5 cm³/mol. The molecule has 1 aromatic rings. The Bertz CT molecular complexity index is 446. The van der Waals surface area contributed by atoms with Crippen molar-refractivity contribution in [2.45, 2.75) is 19.4 Å². The summed E-state index contributed by atoms with van der Waals surface area (Å²) >= 11 is 7.06. The van der Waals surface area contributed by atoms with Crippen molar-refractivity contribution < 1.29 is 9.59 Å². The molecule has 92 valence electrons. The number of halogens is 1. The van der Waals surface area contributed by atoms with Crippen molar-refractivity contribution in [2.75, 3.05) is 13.1 Å². The molecule has 4 nitrogen and oxygen atoms in total. The van der Waals surface area contributed by atoms with E-state index in [9.17, 15) is 9.59 Å². The zero-order chi connectivity index (χ0) is 12.4. The monoisotopic (exact) mass is 272 g/mol. The molecule has 1 N–H and O–H groups in total. The van der Waals surface area contributed by atoms with Gasteiger partial charge in [-0.05, 0) is 18.6 Å². The number of thiophene rings is 1. The lowest BCUT2D eigenvalue weighted by Gasteiger charge is -2.34. The maximum Gasteiger partial charge on any atom is 0.264 e. The van der Waals surface area contributed by atoms with E-state index in [-0.39, 0.29) is 17.9 Å². The van der Waals surface area contributed by atoms with Gasteiger partial charge in [0.05, 0.1) is 9.21 Å². The van der Waals surface area contributed by atoms with Gasteiger partial charge in [-0.2, -0.15) is 0 Å². The predicted octanol–water partition coefficient (Wildman–Crippen LogP) is 1.75. The van der Waals surface area contributed by atoms with Crippen LogP contribution in [0.5, 0.6) is 0 Å². The van der Waals surface area contributed by atoms with Crippen LogP contribution in [0.4, 0.5) is 0 Å². The van der Waals surface area contributed by atoms with Crippen molar-refractivity contribution in [3.8, 4) is 0 Å². The minimum Gasteiger partial charge on any atom is -0.353 e. The molecule has 6 heteroatoms. The molecule has 2 amide bonds. The van der Waals surface area contributed by atoms with Gasteiger partial charge in [0, 0.05) is 13.1 Å². The summed E-state index contributed by atoms with van der Waals surface area (Å²) in [5.74, 6) is -0.182. The lowest BCUT2D eigenvalue weighted by atomic mass is 10.1. The van der Waals surface area contributed by atoms with Crippen molar-refractivity contribution in [1.82, 2.24) is 10.2 Å². The molecule has 1 aliphatic heterocycles. The average Bonchev–Trinajstić information content (AvgIpc) is 2.74. The van der Waals surface area contributed by atoms with Crippen LogP contribution >= 0.6 is 22.9 Å². The highest BCUT2D eigenvalue weighted by atomic mass is 35.5. The van der Waals surface area contributed by atoms with E-state index >= 15 is 0 Å². The Morgan fingerprint density at radius 2 is 2.41 bits per heavy atom. The van der Waals surface area contributed by atoms with E-state index in [0.29, 0.717) is 28.7 Å². The lowest BCUT2D eigenvalue weighted by molar-refractivity contribution is -0.127. The van der Waals surface area contributed by atoms with Gasteiger partial charge in [0.25, 0.3) is 5.91 Å². The third-order valence-corrected chi connectivity index (χ3v) is 3.98. The molecule has 0 bridgehead atoms. The number of amides is 2. The van der Waals surface area contributed by atoms with Crippen molar-refractivity contribution >= 4 is 34.8 Å². The Balaban J connectivity index is 2.20. The summed E-state index contributed by atoms with van der Waals surface area (Å²) in [7, 11) is 0. The molecule has 1 fully saturated rings. The van der Waals surface area contributed by atoms with Crippen LogP contribution in [0.2, 0.25) is 4.34 Å². The summed E-state index contributed by atoms with van der Waals surface area (Å²) in [5.41, 5.74) is 0. The van der Waals surface area contributed by atoms with Gasteiger partial charge in [0.15, 0.2) is 0 Å². The van der Waals surface area contributed by atoms with Crippen LogP contribution in [-0.4, -0.2) is 35.8 Å². The minimum absolute atomic E-state index is 0.0743. The number of hydrogen-bond acceptors (Lipinski definition) is 3. The van der Waals surface area contributed by atoms with Crippen LogP contribution in [0.1, 0.15) is 23.0 Å². The minimum atomic E-state index is -0.364. The molecule has 0 spiro atoms. The zero-order valence-corrected chi connectivity index (χ0v) is 11.0. The second-order valence-corrected chi connectivity index (χ2v) is 5.53. The maximum atomic E-state index is 12.2. The van der Waals surface area contributed by atoms with Crippen LogP contribution in [0, 0.1) is 0 Å². The standard InChI is InChI=1S/C11H13ClN2O2S/c1-2-7-10(15)13-5-6-14(7)11(16)8-3-4-9(12)17-8/h3-4,7H,2,5-6H2,1H3,(H,13,15). The zero-order valence-electron chi connectivity index (χ0n) is 9.40. The summed E-state index contributed by atoms with van der Waals surface area (Å²) < 4.78 is 0.586. The van der Waals surface area contributed by atoms with Gasteiger partial charge < -0.3 is 10.2 Å². The van der Waals surface area contributed by atoms with Crippen molar-refractivity contribution in [2.24, 2.45) is 0 Å². The first kappa shape index (κ1) is 12.4. The number of hydrogen-bond donors (Lipinski definition) is 1. The summed E-state index contributed by atoms with van der Waals surface area (Å²) in [6.45, 7) is 2.97. The summed E-state index contributed by atoms with van der Waals surface area (Å²) in [4.78, 5) is 26.1. The Labute approximate surface area is 109 Å². The van der Waals surface area contributed by atoms with E-state index < -0.39 is 0 Å². The smallest absolute Gasteiger partial charge is 0.264 e. The Hall–Kier alpha value is -1.07. The Morgan fingerprint density at radius 1 is 1.65 bits per heavy atom. The second kappa shape index (κ2) is 5.06. The van der Waals surface area contributed by atoms with E-state index in [2.05, 4.69) is 5.32 Å². The topological polar surface area (TPSA) is 49.4 Å². The van der Waals surface area contributed by atoms with E-state index in [1.54, 1.807) is 17.0 Å². The molecule has 0 saturated carbocycles. The number of piperazine rings is 1. The number of nitrogens with zero attached hydrogens (tertiary/aromatic N) is 1. The maximum absolute atomic E-state index is 12.2. The van der Waals surface area contributed by atoms with E-state index in [4.69, 9.17) is 11.6 Å². The van der Waals surface area contributed by atoms with Gasteiger partial charge in [-0.3, -0.25) is 9.59 Å². The number of carbonyl (C=O) groups excluding carboxylic acids is 2. The lowest BCUT2D eigenvalue weighted by Crippen LogP contribution is -2.56. The second-order valence-electron chi connectivity index (χ2n) is 3.82. The molecule has 1 aliphatic rings. The fraction of sp³-hybridized carbons (Fsp3) is 0.455. The summed E-state index contributed by atoms with van der Waals surface area (Å²) in [6, 6.07) is 3.04. The first-order chi connectivity index (χ1) is 8.13. The highest BCUT2D eigenvalue weighted by molar-refractivity contribution is 7.17. The fourth-order valence-corrected chi connectivity index (χ4v) is 2.93. The van der Waals surface area contributed by atoms with Gasteiger partial charge in [-0.1, -0.05) is 18.5 Å². The molecular formula is C11H13ClN2O2S. The van der Waals surface area contributed by atoms with Crippen molar-refractivity contribution in [1.29, 1.82) is 0 Å². The molecule has 1 aromatic heterocycles. The molecule has 1 saturated heterocycles. The summed E-state index contributed by atoms with van der Waals surface area (Å²) in [6.07, 6.45) is 0.622. The average molecular weight is 273 g/mol. The SMILES string of the molecule is CCC1C(=O)NCCN1C(=O)c1ccc(Cl)s1. The van der Waals surface area contributed by atoms with Crippen molar-refractivity contribution in [3.05, 3.63) is 21.3 Å². The molecule has 0 radical (unpaired) electrons. The van der Waals surface area contributed by atoms with Crippen LogP contribution in [0.25, 0.3) is 0 Å². The molecule has 1 atom stereocenters. The Kier molecular flexibility index (Phi) is 3.69. The van der Waals surface area contributed by atoms with E-state index in [1.807, 2.05) is 6.92 Å². The van der Waals surface area contributed by atoms with Gasteiger partial charge in [-0.25, -0.2) is 0 Å². The normalized spacial score (nSPS) is 20.2. The van der Waals surface area contributed by atoms with Crippen LogP contribution in [0.15, 0.2) is 12.1 Å². The third kappa shape index (κ3) is 2.45. The van der Waals surface area contributed by atoms with Gasteiger partial charge >= 0.3 is 0 Å². The summed E-state index contributed by atoms with van der Waals surface area (Å²) in [5, 5.41) is 2.77. The third-order valence-electron chi connectivity index (χ3n) is 2.76. The molecule has 2 heterocycles. The molecule has 0 aromatic carbocycles. The van der Waals surface area contributed by atoms with Gasteiger partial charge in [0.2, 0.25) is 5.91 Å². The molecule has 2 rings (SSSR count). The van der Waals surface area contributed by atoms with Crippen LogP contribution in [0.3, 0.4) is 0 Å². The highest BCUT2D eigenvalue weighted by Gasteiger charge is 2.32. The van der Waals surface area contributed by atoms with E-state index in [0.717, 1.165) is 0 Å². The number of rotatable bonds is 2. The quantitative estimate of drug-likeness (QED) is 0.892. The largest absolute Gasteiger partial charge is 0.353 e. The number of carbonyl (C=O) groups is 2. The van der Waals surface area contributed by atoms with Gasteiger partial charge in [0.1, 0.15) is 6.04 Å². The van der Waals surface area contributed by atoms with E-state index in [1.165, 1.54) is 11.3 Å². The molecule has 1 unspecified atom stereocenters. The van der Waals surface area contributed by atoms with Crippen molar-refractivity contribution in [3.63, 3.8) is 0 Å². The first-order valence-corrected chi connectivity index (χ1v) is 6.67. The first-order valence-electron chi connectivity index (χ1n) is 5.47. The van der Waals surface area contributed by atoms with Gasteiger partial charge in [-0.15, -0.1) is 11.3 Å². The molecule has 0 aliphatic carbocycles. The highest BCUT2D eigenvalue weighted by Crippen LogP contribution is 2.24. The fourth-order valence-electron chi connectivity index (χ4n) is 1.93. The Morgan fingerprint density at radius 3 is 3.00 bits per heavy atom.